The summed E-state index contributed by atoms with van der Waals surface area (Å²) in [4.78, 5) is 41.6. The van der Waals surface area contributed by atoms with E-state index in [4.69, 9.17) is 10.5 Å². The van der Waals surface area contributed by atoms with Gasteiger partial charge in [-0.1, -0.05) is 18.2 Å². The quantitative estimate of drug-likeness (QED) is 0.401. The van der Waals surface area contributed by atoms with Crippen LogP contribution in [0.25, 0.3) is 10.6 Å². The Balaban J connectivity index is 1.78. The van der Waals surface area contributed by atoms with Crippen LogP contribution in [-0.2, 0) is 16.1 Å². The zero-order valence-corrected chi connectivity index (χ0v) is 19.8. The Morgan fingerprint density at radius 3 is 2.68 bits per heavy atom. The smallest absolute Gasteiger partial charge is 0.405 e. The van der Waals surface area contributed by atoms with Crippen molar-refractivity contribution in [1.82, 2.24) is 10.3 Å². The molecule has 0 fully saturated rings. The van der Waals surface area contributed by atoms with E-state index in [-0.39, 0.29) is 11.6 Å². The number of nitrogens with two attached hydrogens (primary N) is 1. The number of aromatic nitrogens is 1. The predicted molar refractivity (Wildman–Crippen MR) is 132 cm³/mol. The number of thiazole rings is 1. The van der Waals surface area contributed by atoms with E-state index in [2.05, 4.69) is 15.6 Å². The summed E-state index contributed by atoms with van der Waals surface area (Å²) in [5, 5.41) is 8.62. The fraction of sp³-hybridized carbons (Fsp3) is 0.208. The number of hydrogen-bond acceptors (Lipinski definition) is 8. The largest absolute Gasteiger partial charge is 0.439 e. The molecular weight excluding hydrogens is 454 g/mol. The van der Waals surface area contributed by atoms with Gasteiger partial charge in [-0.3, -0.25) is 4.79 Å². The maximum absolute atomic E-state index is 13.1. The maximum atomic E-state index is 13.1. The molecule has 34 heavy (non-hydrogen) atoms. The molecular formula is C24H25N5O4S. The number of ether oxygens (including phenoxy) is 1. The molecule has 0 radical (unpaired) electrons. The molecule has 0 aliphatic heterocycles. The highest BCUT2D eigenvalue weighted by Crippen LogP contribution is 2.25. The summed E-state index contributed by atoms with van der Waals surface area (Å²) in [6, 6.07) is 12.9. The number of primary amides is 1. The minimum atomic E-state index is -1.01. The van der Waals surface area contributed by atoms with Gasteiger partial charge in [0.15, 0.2) is 6.10 Å². The standard InChI is InChI=1S/C24H25N5O4S/c1-15(33-24(25)32)20(14-30)28-18-7-8-21(29(2)3)19(12-18)22(31)27-13-16-5-4-6-17(11-16)23-26-9-10-34-23/h4-12,15,28H,13H2,1-3H3,(H2,25,32)(H,27,31). The van der Waals surface area contributed by atoms with Gasteiger partial charge < -0.3 is 26.0 Å². The molecule has 0 spiro atoms. The summed E-state index contributed by atoms with van der Waals surface area (Å²) < 4.78 is 4.82. The first-order chi connectivity index (χ1) is 16.3. The lowest BCUT2D eigenvalue weighted by Gasteiger charge is -2.20. The number of rotatable bonds is 9. The van der Waals surface area contributed by atoms with Crippen LogP contribution in [0.1, 0.15) is 22.8 Å². The minimum Gasteiger partial charge on any atom is -0.439 e. The summed E-state index contributed by atoms with van der Waals surface area (Å²) in [5.74, 6) is 1.43. The lowest BCUT2D eigenvalue weighted by Crippen LogP contribution is -2.26. The minimum absolute atomic E-state index is 0.0261. The molecule has 3 aromatic rings. The maximum Gasteiger partial charge on any atom is 0.405 e. The van der Waals surface area contributed by atoms with E-state index < -0.39 is 12.2 Å². The third-order valence-corrected chi connectivity index (χ3v) is 5.69. The van der Waals surface area contributed by atoms with Crippen LogP contribution in [0.5, 0.6) is 0 Å². The van der Waals surface area contributed by atoms with Gasteiger partial charge in [0, 0.05) is 49.2 Å². The van der Waals surface area contributed by atoms with Crippen LogP contribution in [0.4, 0.5) is 16.2 Å². The number of nitrogens with one attached hydrogen (secondary N) is 2. The molecule has 10 heteroatoms. The number of hydrogen-bond donors (Lipinski definition) is 3. The first-order valence-electron chi connectivity index (χ1n) is 10.3. The lowest BCUT2D eigenvalue weighted by molar-refractivity contribution is 0.0951. The second-order valence-corrected chi connectivity index (χ2v) is 8.46. The molecule has 9 nitrogen and oxygen atoms in total. The predicted octanol–water partition coefficient (Wildman–Crippen LogP) is 3.42. The summed E-state index contributed by atoms with van der Waals surface area (Å²) in [6.45, 7) is 1.81. The van der Waals surface area contributed by atoms with Crippen LogP contribution >= 0.6 is 11.3 Å². The van der Waals surface area contributed by atoms with Gasteiger partial charge in [-0.05, 0) is 36.8 Å². The molecule has 2 amide bonds. The molecule has 0 bridgehead atoms. The molecule has 3 rings (SSSR count). The number of benzene rings is 2. The molecule has 4 N–H and O–H groups in total. The van der Waals surface area contributed by atoms with Gasteiger partial charge >= 0.3 is 6.09 Å². The molecule has 1 unspecified atom stereocenters. The molecule has 0 aliphatic rings. The fourth-order valence-electron chi connectivity index (χ4n) is 3.24. The van der Waals surface area contributed by atoms with Gasteiger partial charge in [0.1, 0.15) is 16.6 Å². The second-order valence-electron chi connectivity index (χ2n) is 7.57. The van der Waals surface area contributed by atoms with E-state index in [0.29, 0.717) is 23.5 Å². The topological polar surface area (TPSA) is 127 Å². The average molecular weight is 480 g/mol. The van der Waals surface area contributed by atoms with Crippen LogP contribution in [-0.4, -0.2) is 43.1 Å². The van der Waals surface area contributed by atoms with Crippen LogP contribution in [0.15, 0.2) is 59.7 Å². The Morgan fingerprint density at radius 1 is 1.24 bits per heavy atom. The zero-order valence-electron chi connectivity index (χ0n) is 19.0. The third kappa shape index (κ3) is 6.22. The average Bonchev–Trinajstić information content (AvgIpc) is 3.35. The van der Waals surface area contributed by atoms with Crippen molar-refractivity contribution >= 4 is 40.7 Å². The van der Waals surface area contributed by atoms with E-state index in [1.807, 2.05) is 48.6 Å². The van der Waals surface area contributed by atoms with Gasteiger partial charge in [0.05, 0.1) is 5.56 Å². The number of nitrogens with zero attached hydrogens (tertiary/aromatic N) is 2. The SMILES string of the molecule is CC(OC(N)=O)C(=C=O)Nc1ccc(N(C)C)c(C(=O)NCc2cccc(-c3nccs3)c2)c1. The van der Waals surface area contributed by atoms with Crippen molar-refractivity contribution in [2.24, 2.45) is 5.73 Å². The van der Waals surface area contributed by atoms with E-state index in [1.54, 1.807) is 41.7 Å². The van der Waals surface area contributed by atoms with E-state index >= 15 is 0 Å². The van der Waals surface area contributed by atoms with Crippen molar-refractivity contribution in [3.8, 4) is 10.6 Å². The lowest BCUT2D eigenvalue weighted by atomic mass is 10.1. The summed E-state index contributed by atoms with van der Waals surface area (Å²) in [5.41, 5.74) is 8.47. The van der Waals surface area contributed by atoms with Gasteiger partial charge in [-0.15, -0.1) is 11.3 Å². The third-order valence-electron chi connectivity index (χ3n) is 4.87. The van der Waals surface area contributed by atoms with Gasteiger partial charge in [-0.25, -0.2) is 14.6 Å². The van der Waals surface area contributed by atoms with Crippen molar-refractivity contribution in [3.05, 3.63) is 70.9 Å². The Bertz CT molecular complexity index is 1220. The van der Waals surface area contributed by atoms with Crippen molar-refractivity contribution in [2.75, 3.05) is 24.3 Å². The van der Waals surface area contributed by atoms with Gasteiger partial charge in [0.25, 0.3) is 5.91 Å². The van der Waals surface area contributed by atoms with E-state index in [1.165, 1.54) is 6.92 Å². The zero-order chi connectivity index (χ0) is 24.7. The summed E-state index contributed by atoms with van der Waals surface area (Å²) in [6.07, 6.45) is -0.181. The molecule has 0 saturated heterocycles. The van der Waals surface area contributed by atoms with Gasteiger partial charge in [-0.2, -0.15) is 0 Å². The summed E-state index contributed by atoms with van der Waals surface area (Å²) >= 11 is 1.55. The number of amides is 2. The molecule has 0 saturated carbocycles. The van der Waals surface area contributed by atoms with Crippen molar-refractivity contribution < 1.29 is 19.1 Å². The van der Waals surface area contributed by atoms with E-state index in [0.717, 1.165) is 16.1 Å². The number of carbonyl (C=O) groups excluding carboxylic acids is 3. The Hall–Kier alpha value is -4.14. The van der Waals surface area contributed by atoms with Crippen LogP contribution < -0.4 is 21.3 Å². The highest BCUT2D eigenvalue weighted by Gasteiger charge is 2.18. The van der Waals surface area contributed by atoms with E-state index in [9.17, 15) is 14.4 Å². The normalized spacial score (nSPS) is 11.1. The molecule has 2 aromatic carbocycles. The highest BCUT2D eigenvalue weighted by atomic mass is 32.1. The first kappa shape index (κ1) is 24.5. The van der Waals surface area contributed by atoms with Crippen molar-refractivity contribution in [3.63, 3.8) is 0 Å². The van der Waals surface area contributed by atoms with Gasteiger partial charge in [0.2, 0.25) is 0 Å². The fourth-order valence-corrected chi connectivity index (χ4v) is 3.88. The molecule has 1 atom stereocenters. The molecule has 1 aromatic heterocycles. The van der Waals surface area contributed by atoms with Crippen molar-refractivity contribution in [1.29, 1.82) is 0 Å². The number of anilines is 2. The Kier molecular flexibility index (Phi) is 8.02. The van der Waals surface area contributed by atoms with Crippen LogP contribution in [0.2, 0.25) is 0 Å². The summed E-state index contributed by atoms with van der Waals surface area (Å²) in [7, 11) is 3.66. The Morgan fingerprint density at radius 2 is 2.03 bits per heavy atom. The Labute approximate surface area is 201 Å². The molecule has 1 heterocycles. The van der Waals surface area contributed by atoms with Crippen LogP contribution in [0.3, 0.4) is 0 Å². The van der Waals surface area contributed by atoms with Crippen molar-refractivity contribution in [2.45, 2.75) is 19.6 Å². The molecule has 176 valence electrons. The highest BCUT2D eigenvalue weighted by molar-refractivity contribution is 7.13. The monoisotopic (exact) mass is 479 g/mol. The van der Waals surface area contributed by atoms with Crippen LogP contribution in [0, 0.1) is 0 Å². The first-order valence-corrected chi connectivity index (χ1v) is 11.2. The number of carbonyl (C=O) groups is 2. The molecule has 0 aliphatic carbocycles. The second kappa shape index (κ2) is 11.1.